The van der Waals surface area contributed by atoms with Gasteiger partial charge in [0.05, 0.1) is 5.56 Å². The Balaban J connectivity index is 1.35. The summed E-state index contributed by atoms with van der Waals surface area (Å²) < 4.78 is 44.8. The van der Waals surface area contributed by atoms with Crippen molar-refractivity contribution in [2.45, 2.75) is 12.7 Å². The zero-order valence-electron chi connectivity index (χ0n) is 16.3. The van der Waals surface area contributed by atoms with Crippen molar-refractivity contribution in [1.29, 1.82) is 0 Å². The van der Waals surface area contributed by atoms with E-state index in [1.54, 1.807) is 12.4 Å². The number of nitrogens with one attached hydrogen (secondary N) is 1. The number of rotatable bonds is 5. The molecule has 0 bridgehead atoms. The van der Waals surface area contributed by atoms with Gasteiger partial charge < -0.3 is 15.2 Å². The Morgan fingerprint density at radius 2 is 1.81 bits per heavy atom. The first-order valence-electron chi connectivity index (χ1n) is 9.27. The van der Waals surface area contributed by atoms with Gasteiger partial charge >= 0.3 is 6.18 Å². The van der Waals surface area contributed by atoms with Crippen LogP contribution in [0.25, 0.3) is 16.4 Å². The fraction of sp³-hybridized carbons (Fsp3) is 0.0952. The molecule has 2 aromatic carbocycles. The van der Waals surface area contributed by atoms with Crippen LogP contribution >= 0.6 is 0 Å². The van der Waals surface area contributed by atoms with Crippen molar-refractivity contribution in [3.63, 3.8) is 0 Å². The van der Waals surface area contributed by atoms with Crippen LogP contribution in [0.3, 0.4) is 0 Å². The number of aromatic nitrogens is 4. The van der Waals surface area contributed by atoms with E-state index in [1.807, 2.05) is 24.3 Å². The van der Waals surface area contributed by atoms with Gasteiger partial charge in [0.1, 0.15) is 6.33 Å². The number of hydrogen-bond acceptors (Lipinski definition) is 5. The third kappa shape index (κ3) is 5.25. The van der Waals surface area contributed by atoms with E-state index in [1.165, 1.54) is 29.3 Å². The Labute approximate surface area is 179 Å². The van der Waals surface area contributed by atoms with Crippen molar-refractivity contribution < 1.29 is 27.2 Å². The minimum atomic E-state index is -4.51. The number of halogens is 3. The number of nitrogens with zero attached hydrogens (tertiary/aromatic N) is 5. The summed E-state index contributed by atoms with van der Waals surface area (Å²) in [5.41, 5.74) is 1.86. The lowest BCUT2D eigenvalue weighted by molar-refractivity contribution is -0.754. The van der Waals surface area contributed by atoms with Crippen LogP contribution in [0.4, 0.5) is 29.5 Å². The minimum Gasteiger partial charge on any atom is -0.424 e. The van der Waals surface area contributed by atoms with Crippen LogP contribution in [-0.4, -0.2) is 21.3 Å². The maximum absolute atomic E-state index is 12.8. The van der Waals surface area contributed by atoms with E-state index in [9.17, 15) is 18.0 Å². The van der Waals surface area contributed by atoms with Gasteiger partial charge in [0.2, 0.25) is 18.6 Å². The summed E-state index contributed by atoms with van der Waals surface area (Å²) in [5.74, 6) is -0.0902. The SMILES string of the molecule is O=C([N-]c1c[n+](Cc2ccc(-c3cncnc3)cc2)no1)Nc1cccc(C(F)(F)F)c1. The van der Waals surface area contributed by atoms with Crippen molar-refractivity contribution in [3.05, 3.63) is 89.9 Å². The summed E-state index contributed by atoms with van der Waals surface area (Å²) in [6, 6.07) is 11.0. The molecule has 0 unspecified atom stereocenters. The number of carbonyl (C=O) groups is 1. The standard InChI is InChI=1S/C21H15F3N6O2/c22-21(23,24)17-2-1-3-18(8-17)27-20(31)28-19-12-30(29-32-19)11-14-4-6-15(7-5-14)16-9-25-13-26-10-16/h1-10,12-13H,11H2,(H-,27,28,29,31). The van der Waals surface area contributed by atoms with E-state index in [-0.39, 0.29) is 11.6 Å². The van der Waals surface area contributed by atoms with Gasteiger partial charge in [0.15, 0.2) is 11.3 Å². The van der Waals surface area contributed by atoms with Crippen LogP contribution in [0, 0.1) is 0 Å². The lowest BCUT2D eigenvalue weighted by Gasteiger charge is -2.15. The van der Waals surface area contributed by atoms with E-state index >= 15 is 0 Å². The van der Waals surface area contributed by atoms with E-state index in [4.69, 9.17) is 4.52 Å². The monoisotopic (exact) mass is 440 g/mol. The molecule has 2 amide bonds. The molecule has 4 rings (SSSR count). The molecule has 0 aliphatic heterocycles. The molecule has 11 heteroatoms. The molecule has 1 N–H and O–H groups in total. The second-order valence-electron chi connectivity index (χ2n) is 6.68. The summed E-state index contributed by atoms with van der Waals surface area (Å²) in [7, 11) is 0. The number of hydrogen-bond donors (Lipinski definition) is 1. The molecule has 0 aliphatic carbocycles. The van der Waals surface area contributed by atoms with Gasteiger partial charge in [-0.2, -0.15) is 13.2 Å². The van der Waals surface area contributed by atoms with Crippen LogP contribution < -0.4 is 10.00 Å². The predicted octanol–water partition coefficient (Wildman–Crippen LogP) is 4.72. The highest BCUT2D eigenvalue weighted by molar-refractivity contribution is 6.03. The van der Waals surface area contributed by atoms with Gasteiger partial charge in [-0.15, -0.1) is 0 Å². The van der Waals surface area contributed by atoms with Crippen molar-refractivity contribution >= 4 is 17.6 Å². The van der Waals surface area contributed by atoms with E-state index < -0.39 is 17.8 Å². The number of benzene rings is 2. The molecule has 162 valence electrons. The molecule has 0 atom stereocenters. The lowest BCUT2D eigenvalue weighted by Crippen LogP contribution is -2.35. The second kappa shape index (κ2) is 8.84. The maximum Gasteiger partial charge on any atom is 0.416 e. The van der Waals surface area contributed by atoms with Gasteiger partial charge in [-0.3, -0.25) is 4.79 Å². The predicted molar refractivity (Wildman–Crippen MR) is 107 cm³/mol. The van der Waals surface area contributed by atoms with Crippen molar-refractivity contribution in [2.75, 3.05) is 5.32 Å². The third-order valence-electron chi connectivity index (χ3n) is 4.34. The van der Waals surface area contributed by atoms with Crippen molar-refractivity contribution in [3.8, 4) is 11.1 Å². The topological polar surface area (TPSA) is 98.9 Å². The Morgan fingerprint density at radius 3 is 2.53 bits per heavy atom. The van der Waals surface area contributed by atoms with Gasteiger partial charge in [0, 0.05) is 23.5 Å². The van der Waals surface area contributed by atoms with Crippen molar-refractivity contribution in [1.82, 2.24) is 15.2 Å². The van der Waals surface area contributed by atoms with Gasteiger partial charge in [0.25, 0.3) is 0 Å². The molecule has 8 nitrogen and oxygen atoms in total. The third-order valence-corrected chi connectivity index (χ3v) is 4.34. The zero-order valence-corrected chi connectivity index (χ0v) is 16.3. The Bertz CT molecular complexity index is 1210. The summed E-state index contributed by atoms with van der Waals surface area (Å²) in [5, 5.41) is 9.74. The highest BCUT2D eigenvalue weighted by Crippen LogP contribution is 2.31. The van der Waals surface area contributed by atoms with Crippen molar-refractivity contribution in [2.24, 2.45) is 0 Å². The van der Waals surface area contributed by atoms with Crippen LogP contribution in [0.15, 0.2) is 78.0 Å². The minimum absolute atomic E-state index is 0.0372. The summed E-state index contributed by atoms with van der Waals surface area (Å²) >= 11 is 0. The summed E-state index contributed by atoms with van der Waals surface area (Å²) in [6.45, 7) is 0.361. The highest BCUT2D eigenvalue weighted by atomic mass is 19.4. The average molecular weight is 440 g/mol. The van der Waals surface area contributed by atoms with Crippen LogP contribution in [-0.2, 0) is 12.7 Å². The maximum atomic E-state index is 12.8. The first-order valence-corrected chi connectivity index (χ1v) is 9.27. The number of carbonyl (C=O) groups excluding carboxylic acids is 1. The molecule has 2 heterocycles. The summed E-state index contributed by atoms with van der Waals surface area (Å²) in [6.07, 6.45) is 1.78. The number of amides is 2. The number of alkyl halides is 3. The molecule has 0 saturated carbocycles. The van der Waals surface area contributed by atoms with E-state index in [2.05, 4.69) is 25.9 Å². The molecular weight excluding hydrogens is 425 g/mol. The van der Waals surface area contributed by atoms with Crippen LogP contribution in [0.5, 0.6) is 0 Å². The molecule has 4 aromatic rings. The molecule has 2 aromatic heterocycles. The number of anilines is 1. The quantitative estimate of drug-likeness (QED) is 0.453. The molecule has 32 heavy (non-hydrogen) atoms. The van der Waals surface area contributed by atoms with Crippen LogP contribution in [0.1, 0.15) is 11.1 Å². The number of urea groups is 1. The average Bonchev–Trinajstić information content (AvgIpc) is 3.21. The first kappa shape index (κ1) is 21.0. The highest BCUT2D eigenvalue weighted by Gasteiger charge is 2.30. The van der Waals surface area contributed by atoms with Crippen LogP contribution in [0.2, 0.25) is 0 Å². The van der Waals surface area contributed by atoms with E-state index in [0.29, 0.717) is 6.54 Å². The van der Waals surface area contributed by atoms with Gasteiger partial charge in [-0.1, -0.05) is 42.5 Å². The fourth-order valence-electron chi connectivity index (χ4n) is 2.86. The smallest absolute Gasteiger partial charge is 0.416 e. The Kier molecular flexibility index (Phi) is 5.79. The van der Waals surface area contributed by atoms with Gasteiger partial charge in [-0.05, 0) is 22.0 Å². The normalized spacial score (nSPS) is 11.2. The molecular formula is C21H15F3N6O2. The Hall–Kier alpha value is -4.28. The molecule has 0 radical (unpaired) electrons. The Morgan fingerprint density at radius 1 is 1.06 bits per heavy atom. The largest absolute Gasteiger partial charge is 0.424 e. The first-order chi connectivity index (χ1) is 15.4. The van der Waals surface area contributed by atoms with Gasteiger partial charge in [-0.25, -0.2) is 9.97 Å². The fourth-order valence-corrected chi connectivity index (χ4v) is 2.86. The zero-order chi connectivity index (χ0) is 22.6. The molecule has 0 fully saturated rings. The second-order valence-corrected chi connectivity index (χ2v) is 6.68. The molecule has 0 spiro atoms. The van der Waals surface area contributed by atoms with E-state index in [0.717, 1.165) is 28.8 Å². The molecule has 0 saturated heterocycles. The lowest BCUT2D eigenvalue weighted by atomic mass is 10.1. The summed E-state index contributed by atoms with van der Waals surface area (Å²) in [4.78, 5) is 20.0. The molecule has 0 aliphatic rings.